The van der Waals surface area contributed by atoms with Crippen LogP contribution in [0.2, 0.25) is 0 Å². The highest BCUT2D eigenvalue weighted by Crippen LogP contribution is 2.28. The van der Waals surface area contributed by atoms with Crippen molar-refractivity contribution < 1.29 is 14.3 Å². The van der Waals surface area contributed by atoms with Crippen molar-refractivity contribution in [3.05, 3.63) is 59.7 Å². The van der Waals surface area contributed by atoms with E-state index in [0.29, 0.717) is 23.7 Å². The molecule has 0 atom stereocenters. The lowest BCUT2D eigenvalue weighted by Gasteiger charge is -2.11. The third-order valence-corrected chi connectivity index (χ3v) is 3.06. The van der Waals surface area contributed by atoms with Crippen LogP contribution in [0.25, 0.3) is 0 Å². The molecule has 20 heavy (non-hydrogen) atoms. The zero-order valence-corrected chi connectivity index (χ0v) is 11.8. The first kappa shape index (κ1) is 14.1. The number of hydrogen-bond donors (Lipinski definition) is 0. The lowest BCUT2D eigenvalue weighted by Crippen LogP contribution is -2.04. The fraction of sp³-hybridized carbons (Fsp3) is 0.235. The number of carbonyl (C=O) groups is 1. The van der Waals surface area contributed by atoms with E-state index >= 15 is 0 Å². The summed E-state index contributed by atoms with van der Waals surface area (Å²) in [5, 5.41) is 0. The van der Waals surface area contributed by atoms with E-state index in [0.717, 1.165) is 6.42 Å². The number of ketones is 1. The monoisotopic (exact) mass is 270 g/mol. The topological polar surface area (TPSA) is 35.5 Å². The molecule has 0 saturated carbocycles. The van der Waals surface area contributed by atoms with Crippen LogP contribution >= 0.6 is 0 Å². The molecule has 0 aliphatic rings. The molecule has 0 aliphatic carbocycles. The van der Waals surface area contributed by atoms with Crippen LogP contribution in [-0.2, 0) is 6.42 Å². The highest BCUT2D eigenvalue weighted by atomic mass is 16.5. The minimum absolute atomic E-state index is 0.0144. The molecule has 0 heterocycles. The second kappa shape index (κ2) is 6.75. The van der Waals surface area contributed by atoms with Crippen molar-refractivity contribution in [2.75, 3.05) is 13.7 Å². The Balaban J connectivity index is 2.04. The van der Waals surface area contributed by atoms with E-state index in [-0.39, 0.29) is 5.78 Å². The number of methoxy groups -OCH3 is 1. The van der Waals surface area contributed by atoms with E-state index in [1.54, 1.807) is 25.3 Å². The highest BCUT2D eigenvalue weighted by molar-refractivity contribution is 5.94. The fourth-order valence-corrected chi connectivity index (χ4v) is 1.93. The summed E-state index contributed by atoms with van der Waals surface area (Å²) >= 11 is 0. The molecule has 0 fully saturated rings. The van der Waals surface area contributed by atoms with Crippen molar-refractivity contribution >= 4 is 5.78 Å². The Morgan fingerprint density at radius 1 is 1.05 bits per heavy atom. The molecule has 0 unspecified atom stereocenters. The Morgan fingerprint density at radius 3 is 2.45 bits per heavy atom. The van der Waals surface area contributed by atoms with Crippen LogP contribution in [0.3, 0.4) is 0 Å². The summed E-state index contributed by atoms with van der Waals surface area (Å²) in [6, 6.07) is 15.4. The van der Waals surface area contributed by atoms with Gasteiger partial charge in [-0.2, -0.15) is 0 Å². The third-order valence-electron chi connectivity index (χ3n) is 3.06. The Bertz CT molecular complexity index is 576. The highest BCUT2D eigenvalue weighted by Gasteiger charge is 2.08. The van der Waals surface area contributed by atoms with Gasteiger partial charge in [0.2, 0.25) is 0 Å². The number of rotatable bonds is 6. The predicted molar refractivity (Wildman–Crippen MR) is 78.6 cm³/mol. The first-order valence-corrected chi connectivity index (χ1v) is 6.56. The number of ether oxygens (including phenoxy) is 2. The number of carbonyl (C=O) groups excluding carboxylic acids is 1. The largest absolute Gasteiger partial charge is 0.493 e. The second-order valence-electron chi connectivity index (χ2n) is 4.51. The van der Waals surface area contributed by atoms with Gasteiger partial charge in [-0.25, -0.2) is 0 Å². The molecule has 0 bridgehead atoms. The van der Waals surface area contributed by atoms with Crippen LogP contribution in [0.1, 0.15) is 22.8 Å². The Hall–Kier alpha value is -2.29. The van der Waals surface area contributed by atoms with Gasteiger partial charge in [0.15, 0.2) is 17.3 Å². The molecule has 2 rings (SSSR count). The average Bonchev–Trinajstić information content (AvgIpc) is 2.48. The average molecular weight is 270 g/mol. The summed E-state index contributed by atoms with van der Waals surface area (Å²) in [5.74, 6) is 1.26. The van der Waals surface area contributed by atoms with Gasteiger partial charge in [0.1, 0.15) is 0 Å². The molecular weight excluding hydrogens is 252 g/mol. The lowest BCUT2D eigenvalue weighted by atomic mass is 10.1. The molecule has 2 aromatic rings. The molecule has 0 N–H and O–H groups in total. The van der Waals surface area contributed by atoms with Gasteiger partial charge in [-0.05, 0) is 30.7 Å². The number of Topliss-reactive ketones (excluding diaryl/α,β-unsaturated/α-hetero) is 1. The normalized spacial score (nSPS) is 10.1. The van der Waals surface area contributed by atoms with E-state index in [1.807, 2.05) is 18.2 Å². The zero-order chi connectivity index (χ0) is 14.4. The standard InChI is InChI=1S/C17H18O3/c1-13(18)15-8-9-16(19-2)17(12-15)20-11-10-14-6-4-3-5-7-14/h3-9,12H,10-11H2,1-2H3. The molecule has 0 radical (unpaired) electrons. The molecule has 0 spiro atoms. The van der Waals surface area contributed by atoms with Crippen LogP contribution in [0.15, 0.2) is 48.5 Å². The molecule has 0 aliphatic heterocycles. The third kappa shape index (κ3) is 3.60. The lowest BCUT2D eigenvalue weighted by molar-refractivity contribution is 0.101. The van der Waals surface area contributed by atoms with Crippen LogP contribution in [-0.4, -0.2) is 19.5 Å². The van der Waals surface area contributed by atoms with Crippen LogP contribution in [0.5, 0.6) is 11.5 Å². The number of benzene rings is 2. The molecular formula is C17H18O3. The Kier molecular flexibility index (Phi) is 4.77. The van der Waals surface area contributed by atoms with E-state index < -0.39 is 0 Å². The van der Waals surface area contributed by atoms with Gasteiger partial charge >= 0.3 is 0 Å². The molecule has 0 amide bonds. The smallest absolute Gasteiger partial charge is 0.161 e. The maximum atomic E-state index is 11.4. The Morgan fingerprint density at radius 2 is 1.80 bits per heavy atom. The molecule has 3 nitrogen and oxygen atoms in total. The van der Waals surface area contributed by atoms with E-state index in [9.17, 15) is 4.79 Å². The summed E-state index contributed by atoms with van der Waals surface area (Å²) in [5.41, 5.74) is 1.84. The van der Waals surface area contributed by atoms with Crippen molar-refractivity contribution in [1.82, 2.24) is 0 Å². The summed E-state index contributed by atoms with van der Waals surface area (Å²) in [6.45, 7) is 2.08. The summed E-state index contributed by atoms with van der Waals surface area (Å²) in [4.78, 5) is 11.4. The quantitative estimate of drug-likeness (QED) is 0.753. The first-order valence-electron chi connectivity index (χ1n) is 6.56. The van der Waals surface area contributed by atoms with Gasteiger partial charge < -0.3 is 9.47 Å². The van der Waals surface area contributed by atoms with E-state index in [4.69, 9.17) is 9.47 Å². The van der Waals surface area contributed by atoms with Gasteiger partial charge in [-0.1, -0.05) is 30.3 Å². The van der Waals surface area contributed by atoms with Gasteiger partial charge in [0.05, 0.1) is 13.7 Å². The molecule has 104 valence electrons. The number of hydrogen-bond acceptors (Lipinski definition) is 3. The minimum atomic E-state index is 0.0144. The maximum Gasteiger partial charge on any atom is 0.161 e. The van der Waals surface area contributed by atoms with Gasteiger partial charge in [-0.15, -0.1) is 0 Å². The van der Waals surface area contributed by atoms with Crippen molar-refractivity contribution in [2.45, 2.75) is 13.3 Å². The van der Waals surface area contributed by atoms with Crippen LogP contribution < -0.4 is 9.47 Å². The predicted octanol–water partition coefficient (Wildman–Crippen LogP) is 3.52. The summed E-state index contributed by atoms with van der Waals surface area (Å²) in [6.07, 6.45) is 0.814. The van der Waals surface area contributed by atoms with Crippen molar-refractivity contribution in [3.8, 4) is 11.5 Å². The minimum Gasteiger partial charge on any atom is -0.493 e. The molecule has 0 saturated heterocycles. The van der Waals surface area contributed by atoms with Gasteiger partial charge in [-0.3, -0.25) is 4.79 Å². The van der Waals surface area contributed by atoms with Crippen molar-refractivity contribution in [3.63, 3.8) is 0 Å². The summed E-state index contributed by atoms with van der Waals surface area (Å²) in [7, 11) is 1.59. The Labute approximate surface area is 119 Å². The maximum absolute atomic E-state index is 11.4. The molecule has 0 aromatic heterocycles. The van der Waals surface area contributed by atoms with E-state index in [1.165, 1.54) is 12.5 Å². The van der Waals surface area contributed by atoms with Crippen LogP contribution in [0, 0.1) is 0 Å². The second-order valence-corrected chi connectivity index (χ2v) is 4.51. The summed E-state index contributed by atoms with van der Waals surface area (Å²) < 4.78 is 11.0. The zero-order valence-electron chi connectivity index (χ0n) is 11.8. The van der Waals surface area contributed by atoms with Crippen molar-refractivity contribution in [2.24, 2.45) is 0 Å². The van der Waals surface area contributed by atoms with E-state index in [2.05, 4.69) is 12.1 Å². The molecule has 2 aromatic carbocycles. The van der Waals surface area contributed by atoms with Gasteiger partial charge in [0.25, 0.3) is 0 Å². The van der Waals surface area contributed by atoms with Gasteiger partial charge in [0, 0.05) is 12.0 Å². The van der Waals surface area contributed by atoms with Crippen LogP contribution in [0.4, 0.5) is 0 Å². The molecule has 3 heteroatoms. The first-order chi connectivity index (χ1) is 9.70. The van der Waals surface area contributed by atoms with Crippen molar-refractivity contribution in [1.29, 1.82) is 0 Å². The SMILES string of the molecule is COc1ccc(C(C)=O)cc1OCCc1ccccc1. The fourth-order valence-electron chi connectivity index (χ4n) is 1.93.